The molecule has 5 heteroatoms. The molecule has 0 bridgehead atoms. The molecular formula is C20H21N3O2. The Kier molecular flexibility index (Phi) is 5.91. The number of hydrogen-bond acceptors (Lipinski definition) is 4. The highest BCUT2D eigenvalue weighted by molar-refractivity contribution is 5.83. The van der Waals surface area contributed by atoms with Crippen molar-refractivity contribution in [2.24, 2.45) is 5.10 Å². The third kappa shape index (κ3) is 5.47. The molecule has 0 heterocycles. The van der Waals surface area contributed by atoms with Crippen molar-refractivity contribution in [2.45, 2.75) is 26.2 Å². The molecule has 0 fully saturated rings. The van der Waals surface area contributed by atoms with Gasteiger partial charge in [0.25, 0.3) is 5.91 Å². The van der Waals surface area contributed by atoms with Gasteiger partial charge in [0.1, 0.15) is 11.8 Å². The molecule has 5 nitrogen and oxygen atoms in total. The lowest BCUT2D eigenvalue weighted by Crippen LogP contribution is -2.24. The zero-order chi connectivity index (χ0) is 18.3. The molecule has 25 heavy (non-hydrogen) atoms. The SMILES string of the molecule is CC(C)(C)c1ccc(/C=N\NC(=O)COc2ccccc2C#N)cc1. The first-order valence-electron chi connectivity index (χ1n) is 7.94. The van der Waals surface area contributed by atoms with Crippen molar-refractivity contribution in [2.75, 3.05) is 6.61 Å². The third-order valence-electron chi connectivity index (χ3n) is 3.55. The van der Waals surface area contributed by atoms with E-state index < -0.39 is 5.91 Å². The summed E-state index contributed by atoms with van der Waals surface area (Å²) in [6.07, 6.45) is 1.58. The monoisotopic (exact) mass is 335 g/mol. The Bertz CT molecular complexity index is 797. The summed E-state index contributed by atoms with van der Waals surface area (Å²) in [5, 5.41) is 12.9. The van der Waals surface area contributed by atoms with E-state index in [1.54, 1.807) is 30.5 Å². The summed E-state index contributed by atoms with van der Waals surface area (Å²) in [4.78, 5) is 11.8. The van der Waals surface area contributed by atoms with Gasteiger partial charge in [0.2, 0.25) is 0 Å². The number of benzene rings is 2. The van der Waals surface area contributed by atoms with Gasteiger partial charge in [0.15, 0.2) is 6.61 Å². The van der Waals surface area contributed by atoms with Crippen LogP contribution >= 0.6 is 0 Å². The third-order valence-corrected chi connectivity index (χ3v) is 3.55. The minimum atomic E-state index is -0.393. The summed E-state index contributed by atoms with van der Waals surface area (Å²) >= 11 is 0. The summed E-state index contributed by atoms with van der Waals surface area (Å²) in [7, 11) is 0. The maximum Gasteiger partial charge on any atom is 0.277 e. The second-order valence-electron chi connectivity index (χ2n) is 6.56. The van der Waals surface area contributed by atoms with Crippen molar-refractivity contribution in [3.8, 4) is 11.8 Å². The Balaban J connectivity index is 1.85. The number of carbonyl (C=O) groups excluding carboxylic acids is 1. The summed E-state index contributed by atoms with van der Waals surface area (Å²) in [6, 6.07) is 16.8. The van der Waals surface area contributed by atoms with Crippen LogP contribution in [-0.4, -0.2) is 18.7 Å². The lowest BCUT2D eigenvalue weighted by atomic mass is 9.87. The van der Waals surface area contributed by atoms with E-state index in [9.17, 15) is 4.79 Å². The highest BCUT2D eigenvalue weighted by Gasteiger charge is 2.12. The normalized spacial score (nSPS) is 11.1. The van der Waals surface area contributed by atoms with Crippen molar-refractivity contribution in [3.05, 3.63) is 65.2 Å². The molecule has 0 radical (unpaired) electrons. The maximum absolute atomic E-state index is 11.8. The molecule has 0 unspecified atom stereocenters. The number of ether oxygens (including phenoxy) is 1. The molecule has 0 aromatic heterocycles. The second kappa shape index (κ2) is 8.11. The van der Waals surface area contributed by atoms with Crippen molar-refractivity contribution < 1.29 is 9.53 Å². The molecule has 0 saturated heterocycles. The van der Waals surface area contributed by atoms with Gasteiger partial charge >= 0.3 is 0 Å². The molecule has 0 atom stereocenters. The molecule has 2 rings (SSSR count). The lowest BCUT2D eigenvalue weighted by molar-refractivity contribution is -0.123. The topological polar surface area (TPSA) is 74.5 Å². The highest BCUT2D eigenvalue weighted by Crippen LogP contribution is 2.21. The van der Waals surface area contributed by atoms with Crippen LogP contribution in [0.2, 0.25) is 0 Å². The number of para-hydroxylation sites is 1. The van der Waals surface area contributed by atoms with E-state index in [0.29, 0.717) is 11.3 Å². The molecule has 1 N–H and O–H groups in total. The lowest BCUT2D eigenvalue weighted by Gasteiger charge is -2.18. The summed E-state index contributed by atoms with van der Waals surface area (Å²) < 4.78 is 5.34. The number of nitriles is 1. The highest BCUT2D eigenvalue weighted by atomic mass is 16.5. The van der Waals surface area contributed by atoms with Crippen LogP contribution in [0.1, 0.15) is 37.5 Å². The molecule has 2 aromatic rings. The Morgan fingerprint density at radius 2 is 1.88 bits per heavy atom. The Hall–Kier alpha value is -3.13. The average molecular weight is 335 g/mol. The number of hydrogen-bond donors (Lipinski definition) is 1. The number of nitrogens with one attached hydrogen (secondary N) is 1. The van der Waals surface area contributed by atoms with Crippen LogP contribution in [0.4, 0.5) is 0 Å². The van der Waals surface area contributed by atoms with Crippen molar-refractivity contribution >= 4 is 12.1 Å². The van der Waals surface area contributed by atoms with E-state index in [2.05, 4.69) is 31.3 Å². The van der Waals surface area contributed by atoms with E-state index in [0.717, 1.165) is 5.56 Å². The smallest absolute Gasteiger partial charge is 0.277 e. The van der Waals surface area contributed by atoms with Crippen LogP contribution in [0.5, 0.6) is 5.75 Å². The van der Waals surface area contributed by atoms with Gasteiger partial charge in [0.05, 0.1) is 11.8 Å². The van der Waals surface area contributed by atoms with Crippen molar-refractivity contribution in [1.82, 2.24) is 5.43 Å². The molecule has 0 aliphatic rings. The minimum absolute atomic E-state index is 0.0982. The zero-order valence-corrected chi connectivity index (χ0v) is 14.6. The first-order valence-corrected chi connectivity index (χ1v) is 7.94. The van der Waals surface area contributed by atoms with Gasteiger partial charge in [0, 0.05) is 0 Å². The molecule has 0 saturated carbocycles. The maximum atomic E-state index is 11.8. The molecule has 2 aromatic carbocycles. The van der Waals surface area contributed by atoms with E-state index >= 15 is 0 Å². The molecule has 128 valence electrons. The van der Waals surface area contributed by atoms with Crippen molar-refractivity contribution in [1.29, 1.82) is 5.26 Å². The first kappa shape index (κ1) is 18.2. The van der Waals surface area contributed by atoms with Gasteiger partial charge in [-0.3, -0.25) is 4.79 Å². The predicted octanol–water partition coefficient (Wildman–Crippen LogP) is 3.38. The standard InChI is InChI=1S/C20H21N3O2/c1-20(2,3)17-10-8-15(9-11-17)13-22-23-19(24)14-25-18-7-5-4-6-16(18)12-21/h4-11,13H,14H2,1-3H3,(H,23,24)/b22-13-. The summed E-state index contributed by atoms with van der Waals surface area (Å²) in [5.74, 6) is -0.0165. The van der Waals surface area contributed by atoms with Crippen LogP contribution in [0, 0.1) is 11.3 Å². The predicted molar refractivity (Wildman–Crippen MR) is 97.5 cm³/mol. The largest absolute Gasteiger partial charge is 0.482 e. The summed E-state index contributed by atoms with van der Waals surface area (Å²) in [5.41, 5.74) is 5.02. The molecule has 0 spiro atoms. The van der Waals surface area contributed by atoms with E-state index in [1.807, 2.05) is 30.3 Å². The minimum Gasteiger partial charge on any atom is -0.482 e. The fourth-order valence-electron chi connectivity index (χ4n) is 2.11. The number of amides is 1. The van der Waals surface area contributed by atoms with Gasteiger partial charge in [-0.25, -0.2) is 5.43 Å². The van der Waals surface area contributed by atoms with Gasteiger partial charge in [-0.2, -0.15) is 10.4 Å². The Labute approximate surface area is 147 Å². The van der Waals surface area contributed by atoms with E-state index in [-0.39, 0.29) is 12.0 Å². The van der Waals surface area contributed by atoms with Crippen LogP contribution in [-0.2, 0) is 10.2 Å². The van der Waals surface area contributed by atoms with Crippen LogP contribution < -0.4 is 10.2 Å². The second-order valence-corrected chi connectivity index (χ2v) is 6.56. The van der Waals surface area contributed by atoms with Gasteiger partial charge in [-0.05, 0) is 28.7 Å². The number of rotatable bonds is 5. The van der Waals surface area contributed by atoms with E-state index in [4.69, 9.17) is 10.00 Å². The number of nitrogens with zero attached hydrogens (tertiary/aromatic N) is 2. The molecule has 0 aliphatic heterocycles. The Morgan fingerprint density at radius 1 is 1.20 bits per heavy atom. The molecule has 0 aliphatic carbocycles. The quantitative estimate of drug-likeness (QED) is 0.672. The molecular weight excluding hydrogens is 314 g/mol. The first-order chi connectivity index (χ1) is 11.9. The fraction of sp³-hybridized carbons (Fsp3) is 0.250. The fourth-order valence-corrected chi connectivity index (χ4v) is 2.11. The van der Waals surface area contributed by atoms with Gasteiger partial charge < -0.3 is 4.74 Å². The van der Waals surface area contributed by atoms with Crippen LogP contribution in [0.25, 0.3) is 0 Å². The average Bonchev–Trinajstić information content (AvgIpc) is 2.60. The zero-order valence-electron chi connectivity index (χ0n) is 14.6. The van der Waals surface area contributed by atoms with Gasteiger partial charge in [-0.1, -0.05) is 57.2 Å². The number of hydrazone groups is 1. The van der Waals surface area contributed by atoms with E-state index in [1.165, 1.54) is 5.56 Å². The van der Waals surface area contributed by atoms with Gasteiger partial charge in [-0.15, -0.1) is 0 Å². The van der Waals surface area contributed by atoms with Crippen LogP contribution in [0.15, 0.2) is 53.6 Å². The summed E-state index contributed by atoms with van der Waals surface area (Å²) in [6.45, 7) is 6.25. The Morgan fingerprint density at radius 3 is 2.52 bits per heavy atom. The number of carbonyl (C=O) groups is 1. The van der Waals surface area contributed by atoms with Crippen LogP contribution in [0.3, 0.4) is 0 Å². The molecule has 1 amide bonds. The van der Waals surface area contributed by atoms with Crippen molar-refractivity contribution in [3.63, 3.8) is 0 Å².